The van der Waals surface area contributed by atoms with Crippen molar-refractivity contribution in [1.29, 1.82) is 0 Å². The van der Waals surface area contributed by atoms with Crippen molar-refractivity contribution in [2.24, 2.45) is 0 Å². The molecule has 29 heavy (non-hydrogen) atoms. The molecule has 0 saturated heterocycles. The second kappa shape index (κ2) is 10.3. The van der Waals surface area contributed by atoms with E-state index in [0.29, 0.717) is 24.1 Å². The number of thioether (sulfide) groups is 1. The molecule has 0 aliphatic heterocycles. The maximum atomic E-state index is 12.1. The van der Waals surface area contributed by atoms with Crippen LogP contribution in [-0.2, 0) is 17.1 Å². The molecule has 8 nitrogen and oxygen atoms in total. The van der Waals surface area contributed by atoms with E-state index in [2.05, 4.69) is 25.6 Å². The van der Waals surface area contributed by atoms with Gasteiger partial charge in [-0.05, 0) is 18.2 Å². The van der Waals surface area contributed by atoms with Gasteiger partial charge in [0.1, 0.15) is 11.6 Å². The molecule has 2 aromatic carbocycles. The number of nitrogens with zero attached hydrogens (tertiary/aromatic N) is 3. The lowest BCUT2D eigenvalue weighted by Gasteiger charge is -2.09. The zero-order valence-electron chi connectivity index (χ0n) is 16.0. The molecule has 0 fully saturated rings. The average molecular weight is 411 g/mol. The lowest BCUT2D eigenvalue weighted by Crippen LogP contribution is -2.25. The summed E-state index contributed by atoms with van der Waals surface area (Å²) in [6.45, 7) is 0.410. The Morgan fingerprint density at radius 2 is 1.83 bits per heavy atom. The molecule has 0 saturated carbocycles. The van der Waals surface area contributed by atoms with Gasteiger partial charge in [-0.1, -0.05) is 36.4 Å². The number of carbonyl (C=O) groups excluding carboxylic acids is 1. The first-order valence-corrected chi connectivity index (χ1v) is 10.1. The molecule has 0 radical (unpaired) electrons. The molecule has 0 unspecified atom stereocenters. The Balaban J connectivity index is 1.49. The Hall–Kier alpha value is -3.33. The number of anilines is 3. The van der Waals surface area contributed by atoms with Crippen LogP contribution >= 0.6 is 11.8 Å². The highest BCUT2D eigenvalue weighted by molar-refractivity contribution is 7.99. The summed E-state index contributed by atoms with van der Waals surface area (Å²) < 4.78 is 5.28. The molecular formula is C20H22N6O2S. The molecule has 1 heterocycles. The predicted molar refractivity (Wildman–Crippen MR) is 115 cm³/mol. The fourth-order valence-electron chi connectivity index (χ4n) is 2.54. The van der Waals surface area contributed by atoms with Crippen LogP contribution in [0.1, 0.15) is 11.4 Å². The highest BCUT2D eigenvalue weighted by atomic mass is 32.2. The van der Waals surface area contributed by atoms with E-state index in [1.807, 2.05) is 54.6 Å². The van der Waals surface area contributed by atoms with Crippen LogP contribution in [0.25, 0.3) is 0 Å². The molecule has 3 aromatic rings. The van der Waals surface area contributed by atoms with Crippen LogP contribution in [0.5, 0.6) is 5.75 Å². The molecule has 150 valence electrons. The molecule has 3 rings (SSSR count). The first kappa shape index (κ1) is 20.4. The van der Waals surface area contributed by atoms with E-state index >= 15 is 0 Å². The average Bonchev–Trinajstić information content (AvgIpc) is 2.73. The highest BCUT2D eigenvalue weighted by Crippen LogP contribution is 2.17. The molecule has 0 bridgehead atoms. The maximum Gasteiger partial charge on any atom is 0.232 e. The van der Waals surface area contributed by atoms with Crippen molar-refractivity contribution >= 4 is 35.3 Å². The number of hydrogen-bond donors (Lipinski definition) is 3. The third kappa shape index (κ3) is 6.35. The van der Waals surface area contributed by atoms with Crippen LogP contribution < -0.4 is 21.1 Å². The van der Waals surface area contributed by atoms with Crippen molar-refractivity contribution in [2.75, 3.05) is 23.9 Å². The maximum absolute atomic E-state index is 12.1. The van der Waals surface area contributed by atoms with Gasteiger partial charge in [0.2, 0.25) is 17.8 Å². The van der Waals surface area contributed by atoms with Crippen molar-refractivity contribution < 1.29 is 9.53 Å². The lowest BCUT2D eigenvalue weighted by molar-refractivity contribution is -0.118. The minimum atomic E-state index is -0.0782. The molecular weight excluding hydrogens is 388 g/mol. The Morgan fingerprint density at radius 3 is 2.62 bits per heavy atom. The van der Waals surface area contributed by atoms with E-state index in [1.54, 1.807) is 7.11 Å². The summed E-state index contributed by atoms with van der Waals surface area (Å²) in [7, 11) is 1.61. The summed E-state index contributed by atoms with van der Waals surface area (Å²) in [6, 6.07) is 17.1. The molecule has 1 amide bonds. The summed E-state index contributed by atoms with van der Waals surface area (Å²) in [5.41, 5.74) is 7.56. The van der Waals surface area contributed by atoms with E-state index in [-0.39, 0.29) is 17.6 Å². The number of methoxy groups -OCH3 is 1. The van der Waals surface area contributed by atoms with Crippen LogP contribution in [0.3, 0.4) is 0 Å². The summed E-state index contributed by atoms with van der Waals surface area (Å²) in [4.78, 5) is 24.7. The highest BCUT2D eigenvalue weighted by Gasteiger charge is 2.08. The third-order valence-corrected chi connectivity index (χ3v) is 4.79. The molecule has 0 aliphatic rings. The number of carbonyl (C=O) groups is 1. The Labute approximate surface area is 173 Å². The number of hydrogen-bond acceptors (Lipinski definition) is 8. The summed E-state index contributed by atoms with van der Waals surface area (Å²) in [5, 5.41) is 5.98. The summed E-state index contributed by atoms with van der Waals surface area (Å²) in [6.07, 6.45) is 0. The number of nitrogens with one attached hydrogen (secondary N) is 2. The molecule has 9 heteroatoms. The van der Waals surface area contributed by atoms with E-state index in [4.69, 9.17) is 10.5 Å². The van der Waals surface area contributed by atoms with Gasteiger partial charge in [0.05, 0.1) is 18.6 Å². The van der Waals surface area contributed by atoms with Gasteiger partial charge in [0, 0.05) is 17.8 Å². The number of amides is 1. The first-order chi connectivity index (χ1) is 14.1. The minimum absolute atomic E-state index is 0.0782. The number of nitrogens with two attached hydrogens (primary N) is 1. The van der Waals surface area contributed by atoms with Crippen molar-refractivity contribution in [2.45, 2.75) is 12.3 Å². The molecule has 4 N–H and O–H groups in total. The number of para-hydroxylation sites is 2. The van der Waals surface area contributed by atoms with Gasteiger partial charge in [-0.2, -0.15) is 15.0 Å². The summed E-state index contributed by atoms with van der Waals surface area (Å²) in [5.74, 6) is 2.42. The van der Waals surface area contributed by atoms with E-state index in [9.17, 15) is 4.79 Å². The molecule has 0 atom stereocenters. The van der Waals surface area contributed by atoms with Crippen molar-refractivity contribution in [1.82, 2.24) is 20.3 Å². The van der Waals surface area contributed by atoms with Crippen LogP contribution in [0.2, 0.25) is 0 Å². The van der Waals surface area contributed by atoms with Crippen molar-refractivity contribution in [3.8, 4) is 5.75 Å². The molecule has 0 spiro atoms. The topological polar surface area (TPSA) is 115 Å². The van der Waals surface area contributed by atoms with Gasteiger partial charge < -0.3 is 21.1 Å². The molecule has 1 aromatic heterocycles. The number of benzene rings is 2. The lowest BCUT2D eigenvalue weighted by atomic mass is 10.2. The Kier molecular flexibility index (Phi) is 7.23. The SMILES string of the molecule is COc1ccccc1CNC(=O)CSCc1nc(N)nc(Nc2ccccc2)n1. The van der Waals surface area contributed by atoms with Gasteiger partial charge in [-0.3, -0.25) is 4.79 Å². The standard InChI is InChI=1S/C20H22N6O2S/c1-28-16-10-6-5-7-14(16)11-22-18(27)13-29-12-17-24-19(21)26-20(25-17)23-15-8-3-2-4-9-15/h2-10H,11-13H2,1H3,(H,22,27)(H3,21,23,24,25,26). The van der Waals surface area contributed by atoms with Crippen LogP contribution in [-0.4, -0.2) is 33.7 Å². The number of ether oxygens (including phenoxy) is 1. The van der Waals surface area contributed by atoms with Crippen molar-refractivity contribution in [3.05, 3.63) is 66.0 Å². The second-order valence-electron chi connectivity index (χ2n) is 6.01. The first-order valence-electron chi connectivity index (χ1n) is 8.93. The zero-order chi connectivity index (χ0) is 20.5. The Bertz CT molecular complexity index is 955. The van der Waals surface area contributed by atoms with Gasteiger partial charge in [0.25, 0.3) is 0 Å². The Morgan fingerprint density at radius 1 is 1.07 bits per heavy atom. The number of nitrogen functional groups attached to an aromatic ring is 1. The fourth-order valence-corrected chi connectivity index (χ4v) is 3.24. The van der Waals surface area contributed by atoms with E-state index in [0.717, 1.165) is 17.0 Å². The van der Waals surface area contributed by atoms with Crippen LogP contribution in [0.4, 0.5) is 17.6 Å². The van der Waals surface area contributed by atoms with E-state index < -0.39 is 0 Å². The fraction of sp³-hybridized carbons (Fsp3) is 0.200. The minimum Gasteiger partial charge on any atom is -0.496 e. The number of rotatable bonds is 9. The van der Waals surface area contributed by atoms with Crippen LogP contribution in [0.15, 0.2) is 54.6 Å². The van der Waals surface area contributed by atoms with Crippen molar-refractivity contribution in [3.63, 3.8) is 0 Å². The monoisotopic (exact) mass is 410 g/mol. The normalized spacial score (nSPS) is 10.4. The summed E-state index contributed by atoms with van der Waals surface area (Å²) >= 11 is 1.40. The number of aromatic nitrogens is 3. The second-order valence-corrected chi connectivity index (χ2v) is 6.99. The molecule has 0 aliphatic carbocycles. The quantitative estimate of drug-likeness (QED) is 0.493. The largest absolute Gasteiger partial charge is 0.496 e. The zero-order valence-corrected chi connectivity index (χ0v) is 16.8. The smallest absolute Gasteiger partial charge is 0.232 e. The third-order valence-electron chi connectivity index (χ3n) is 3.86. The van der Waals surface area contributed by atoms with Crippen LogP contribution in [0, 0.1) is 0 Å². The van der Waals surface area contributed by atoms with Gasteiger partial charge >= 0.3 is 0 Å². The predicted octanol–water partition coefficient (Wildman–Crippen LogP) is 2.76. The van der Waals surface area contributed by atoms with Gasteiger partial charge in [-0.15, -0.1) is 11.8 Å². The van der Waals surface area contributed by atoms with E-state index in [1.165, 1.54) is 11.8 Å². The van der Waals surface area contributed by atoms with Gasteiger partial charge in [0.15, 0.2) is 0 Å². The van der Waals surface area contributed by atoms with Gasteiger partial charge in [-0.25, -0.2) is 0 Å².